The summed E-state index contributed by atoms with van der Waals surface area (Å²) in [6.07, 6.45) is 1.04. The largest absolute Gasteiger partial charge is 0.454 e. The molecule has 1 aliphatic heterocycles. The van der Waals surface area contributed by atoms with Crippen LogP contribution in [0.2, 0.25) is 0 Å². The number of nitrogens with one attached hydrogen (secondary N) is 3. The molecule has 0 spiro atoms. The molecule has 4 rings (SSSR count). The molecule has 0 bridgehead atoms. The molecule has 2 heterocycles. The van der Waals surface area contributed by atoms with Crippen LogP contribution in [0, 0.1) is 20.2 Å². The van der Waals surface area contributed by atoms with Crippen molar-refractivity contribution in [3.8, 4) is 11.5 Å². The van der Waals surface area contributed by atoms with Crippen molar-refractivity contribution in [1.82, 2.24) is 15.4 Å². The number of rotatable bonds is 7. The van der Waals surface area contributed by atoms with Crippen LogP contribution in [0.15, 0.2) is 48.8 Å². The van der Waals surface area contributed by atoms with Crippen LogP contribution in [-0.2, 0) is 0 Å². The number of nitro benzene ring substituents is 1. The van der Waals surface area contributed by atoms with Crippen LogP contribution in [0.1, 0.15) is 10.4 Å². The van der Waals surface area contributed by atoms with E-state index in [4.69, 9.17) is 9.47 Å². The number of hydrazine groups is 1. The standard InChI is InChI=1S/C18H13N7O7/c26-18(11-3-1-2-4-12(11)24(27)28)23-22-17-15(25(29)30)16(19-8-20-17)21-10-5-6-13-14(7-10)32-9-31-13/h1-8H,9H2,(H,23,26)(H2,19,20,21,22). The molecule has 0 saturated carbocycles. The predicted molar refractivity (Wildman–Crippen MR) is 109 cm³/mol. The number of fused-ring (bicyclic) bond motifs is 1. The second-order valence-electron chi connectivity index (χ2n) is 6.22. The molecular formula is C18H13N7O7. The Labute approximate surface area is 178 Å². The minimum atomic E-state index is -0.879. The number of nitrogens with zero attached hydrogens (tertiary/aromatic N) is 4. The molecule has 0 fully saturated rings. The Balaban J connectivity index is 1.57. The topological polar surface area (TPSA) is 184 Å². The number of carbonyl (C=O) groups is 1. The van der Waals surface area contributed by atoms with Crippen LogP contribution in [-0.4, -0.2) is 32.5 Å². The van der Waals surface area contributed by atoms with Crippen molar-refractivity contribution in [3.63, 3.8) is 0 Å². The van der Waals surface area contributed by atoms with Crippen LogP contribution < -0.4 is 25.6 Å². The smallest absolute Gasteiger partial charge is 0.355 e. The Morgan fingerprint density at radius 1 is 0.969 bits per heavy atom. The van der Waals surface area contributed by atoms with Gasteiger partial charge < -0.3 is 14.8 Å². The lowest BCUT2D eigenvalue weighted by molar-refractivity contribution is -0.385. The first-order valence-corrected chi connectivity index (χ1v) is 8.90. The third-order valence-corrected chi connectivity index (χ3v) is 4.28. The number of aromatic nitrogens is 2. The van der Waals surface area contributed by atoms with Gasteiger partial charge in [-0.15, -0.1) is 0 Å². The van der Waals surface area contributed by atoms with Crippen LogP contribution in [0.4, 0.5) is 28.7 Å². The highest BCUT2D eigenvalue weighted by Crippen LogP contribution is 2.37. The summed E-state index contributed by atoms with van der Waals surface area (Å²) < 4.78 is 10.5. The molecule has 1 amide bonds. The Kier molecular flexibility index (Phi) is 5.31. The number of anilines is 3. The first-order valence-electron chi connectivity index (χ1n) is 8.90. The second-order valence-corrected chi connectivity index (χ2v) is 6.22. The van der Waals surface area contributed by atoms with Gasteiger partial charge in [0.1, 0.15) is 11.9 Å². The predicted octanol–water partition coefficient (Wildman–Crippen LogP) is 2.52. The van der Waals surface area contributed by atoms with Gasteiger partial charge in [-0.2, -0.15) is 0 Å². The fourth-order valence-corrected chi connectivity index (χ4v) is 2.85. The van der Waals surface area contributed by atoms with Crippen LogP contribution in [0.3, 0.4) is 0 Å². The van der Waals surface area contributed by atoms with Gasteiger partial charge in [0.15, 0.2) is 11.5 Å². The van der Waals surface area contributed by atoms with E-state index in [1.165, 1.54) is 18.2 Å². The average Bonchev–Trinajstić information content (AvgIpc) is 3.25. The van der Waals surface area contributed by atoms with Crippen molar-refractivity contribution in [2.24, 2.45) is 0 Å². The zero-order valence-corrected chi connectivity index (χ0v) is 16.0. The highest BCUT2D eigenvalue weighted by atomic mass is 16.7. The summed E-state index contributed by atoms with van der Waals surface area (Å²) in [6.45, 7) is 0.0692. The third-order valence-electron chi connectivity index (χ3n) is 4.28. The van der Waals surface area contributed by atoms with Gasteiger partial charge in [0.05, 0.1) is 9.85 Å². The number of nitro groups is 2. The molecule has 0 unspecified atom stereocenters. The van der Waals surface area contributed by atoms with Gasteiger partial charge in [0.25, 0.3) is 11.6 Å². The highest BCUT2D eigenvalue weighted by Gasteiger charge is 2.25. The van der Waals surface area contributed by atoms with E-state index >= 15 is 0 Å². The molecule has 0 saturated heterocycles. The number of amides is 1. The fourth-order valence-electron chi connectivity index (χ4n) is 2.85. The summed E-state index contributed by atoms with van der Waals surface area (Å²) in [5.74, 6) is -0.378. The van der Waals surface area contributed by atoms with Gasteiger partial charge in [0, 0.05) is 17.8 Å². The average molecular weight is 439 g/mol. The normalized spacial score (nSPS) is 11.5. The fraction of sp³-hybridized carbons (Fsp3) is 0.0556. The number of ether oxygens (including phenoxy) is 2. The number of carbonyl (C=O) groups excluding carboxylic acids is 1. The maximum absolute atomic E-state index is 12.4. The Morgan fingerprint density at radius 3 is 2.50 bits per heavy atom. The maximum Gasteiger partial charge on any atom is 0.355 e. The van der Waals surface area contributed by atoms with E-state index < -0.39 is 27.1 Å². The van der Waals surface area contributed by atoms with E-state index in [0.29, 0.717) is 17.2 Å². The molecule has 3 N–H and O–H groups in total. The van der Waals surface area contributed by atoms with Gasteiger partial charge in [-0.1, -0.05) is 12.1 Å². The number of hydrogen-bond acceptors (Lipinski definition) is 11. The molecule has 3 aromatic rings. The summed E-state index contributed by atoms with van der Waals surface area (Å²) in [5, 5.41) is 25.6. The third kappa shape index (κ3) is 4.00. The van der Waals surface area contributed by atoms with Gasteiger partial charge in [-0.3, -0.25) is 35.9 Å². The van der Waals surface area contributed by atoms with Crippen molar-refractivity contribution in [1.29, 1.82) is 0 Å². The molecule has 1 aliphatic rings. The summed E-state index contributed by atoms with van der Waals surface area (Å²) >= 11 is 0. The van der Waals surface area contributed by atoms with Crippen molar-refractivity contribution < 1.29 is 24.1 Å². The number of hydrogen-bond donors (Lipinski definition) is 3. The molecule has 0 atom stereocenters. The first-order chi connectivity index (χ1) is 15.4. The monoisotopic (exact) mass is 439 g/mol. The summed E-state index contributed by atoms with van der Waals surface area (Å²) in [6, 6.07) is 10.1. The van der Waals surface area contributed by atoms with Crippen molar-refractivity contribution in [3.05, 3.63) is 74.6 Å². The first kappa shape index (κ1) is 20.3. The Hall–Kier alpha value is -5.01. The molecule has 162 valence electrons. The highest BCUT2D eigenvalue weighted by molar-refractivity contribution is 5.98. The molecule has 14 nitrogen and oxygen atoms in total. The minimum Gasteiger partial charge on any atom is -0.454 e. The summed E-state index contributed by atoms with van der Waals surface area (Å²) in [5.41, 5.74) is 3.72. The molecule has 0 radical (unpaired) electrons. The molecule has 2 aromatic carbocycles. The van der Waals surface area contributed by atoms with E-state index in [-0.39, 0.29) is 24.0 Å². The lowest BCUT2D eigenvalue weighted by Gasteiger charge is -2.11. The van der Waals surface area contributed by atoms with Crippen LogP contribution in [0.5, 0.6) is 11.5 Å². The molecule has 0 aliphatic carbocycles. The molecule has 1 aromatic heterocycles. The summed E-state index contributed by atoms with van der Waals surface area (Å²) in [7, 11) is 0. The van der Waals surface area contributed by atoms with Crippen molar-refractivity contribution in [2.45, 2.75) is 0 Å². The van der Waals surface area contributed by atoms with Crippen molar-refractivity contribution >= 4 is 34.6 Å². The van der Waals surface area contributed by atoms with Gasteiger partial charge >= 0.3 is 5.69 Å². The summed E-state index contributed by atoms with van der Waals surface area (Å²) in [4.78, 5) is 41.4. The van der Waals surface area contributed by atoms with E-state index in [1.54, 1.807) is 18.2 Å². The van der Waals surface area contributed by atoms with Gasteiger partial charge in [0.2, 0.25) is 18.4 Å². The Morgan fingerprint density at radius 2 is 1.72 bits per heavy atom. The zero-order valence-electron chi connectivity index (χ0n) is 16.0. The Bertz CT molecular complexity index is 1230. The zero-order chi connectivity index (χ0) is 22.7. The lowest BCUT2D eigenvalue weighted by atomic mass is 10.2. The minimum absolute atomic E-state index is 0.0692. The van der Waals surface area contributed by atoms with E-state index in [2.05, 4.69) is 26.1 Å². The SMILES string of the molecule is O=C(NNc1ncnc(Nc2ccc3c(c2)OCO3)c1[N+](=O)[O-])c1ccccc1[N+](=O)[O-]. The van der Waals surface area contributed by atoms with Gasteiger partial charge in [-0.25, -0.2) is 9.97 Å². The second kappa shape index (κ2) is 8.39. The lowest BCUT2D eigenvalue weighted by Crippen LogP contribution is -2.30. The van der Waals surface area contributed by atoms with Crippen LogP contribution >= 0.6 is 0 Å². The van der Waals surface area contributed by atoms with Crippen LogP contribution in [0.25, 0.3) is 0 Å². The van der Waals surface area contributed by atoms with E-state index in [9.17, 15) is 25.0 Å². The van der Waals surface area contributed by atoms with Gasteiger partial charge in [-0.05, 0) is 18.2 Å². The van der Waals surface area contributed by atoms with E-state index in [1.807, 2.05) is 0 Å². The molecule has 32 heavy (non-hydrogen) atoms. The van der Waals surface area contributed by atoms with Crippen molar-refractivity contribution in [2.75, 3.05) is 17.5 Å². The number of benzene rings is 2. The number of para-hydroxylation sites is 1. The maximum atomic E-state index is 12.4. The quantitative estimate of drug-likeness (QED) is 0.363. The molecular weight excluding hydrogens is 426 g/mol. The van der Waals surface area contributed by atoms with E-state index in [0.717, 1.165) is 12.4 Å². The molecule has 14 heteroatoms.